The summed E-state index contributed by atoms with van der Waals surface area (Å²) in [5.41, 5.74) is 3.88. The fourth-order valence-corrected chi connectivity index (χ4v) is 4.03. The van der Waals surface area contributed by atoms with Gasteiger partial charge in [0.25, 0.3) is 5.91 Å². The van der Waals surface area contributed by atoms with Crippen molar-refractivity contribution in [2.75, 3.05) is 20.2 Å². The Balaban J connectivity index is 1.52. The molecule has 1 saturated heterocycles. The number of carbonyl (C=O) groups is 1. The molecule has 3 heterocycles. The molecule has 1 fully saturated rings. The molecular formula is C20H25N3O3. The third-order valence-corrected chi connectivity index (χ3v) is 5.43. The maximum Gasteiger partial charge on any atom is 0.272 e. The van der Waals surface area contributed by atoms with Crippen molar-refractivity contribution in [2.45, 2.75) is 38.4 Å². The van der Waals surface area contributed by atoms with E-state index >= 15 is 0 Å². The predicted molar refractivity (Wildman–Crippen MR) is 97.5 cm³/mol. The quantitative estimate of drug-likeness (QED) is 0.849. The molecule has 2 aromatic rings. The highest BCUT2D eigenvalue weighted by molar-refractivity contribution is 5.95. The molecule has 0 saturated carbocycles. The molecule has 0 radical (unpaired) electrons. The molecule has 0 bridgehead atoms. The predicted octanol–water partition coefficient (Wildman–Crippen LogP) is 2.69. The number of aryl methyl sites for hydroxylation is 1. The van der Waals surface area contributed by atoms with Crippen LogP contribution in [-0.4, -0.2) is 46.9 Å². The lowest BCUT2D eigenvalue weighted by molar-refractivity contribution is -0.00717. The van der Waals surface area contributed by atoms with Crippen LogP contribution in [0.2, 0.25) is 0 Å². The van der Waals surface area contributed by atoms with Crippen LogP contribution in [0, 0.1) is 0 Å². The number of ether oxygens (including phenoxy) is 2. The maximum absolute atomic E-state index is 13.1. The number of hydrogen-bond donors (Lipinski definition) is 0. The summed E-state index contributed by atoms with van der Waals surface area (Å²) < 4.78 is 12.9. The van der Waals surface area contributed by atoms with E-state index in [0.29, 0.717) is 11.6 Å². The summed E-state index contributed by atoms with van der Waals surface area (Å²) in [5.74, 6) is 1.29. The van der Waals surface area contributed by atoms with Crippen LogP contribution in [0.1, 0.15) is 53.2 Å². The second-order valence-electron chi connectivity index (χ2n) is 7.31. The fraction of sp³-hybridized carbons (Fsp3) is 0.500. The van der Waals surface area contributed by atoms with Crippen molar-refractivity contribution in [3.8, 4) is 5.75 Å². The van der Waals surface area contributed by atoms with Crippen LogP contribution in [0.3, 0.4) is 0 Å². The number of methoxy groups -OCH3 is 1. The third kappa shape index (κ3) is 2.78. The van der Waals surface area contributed by atoms with Gasteiger partial charge in [0.2, 0.25) is 0 Å². The Morgan fingerprint density at radius 3 is 2.81 bits per heavy atom. The van der Waals surface area contributed by atoms with Crippen LogP contribution in [0.15, 0.2) is 24.3 Å². The first-order valence-corrected chi connectivity index (χ1v) is 9.12. The molecule has 0 aliphatic carbocycles. The van der Waals surface area contributed by atoms with Crippen LogP contribution in [0.5, 0.6) is 5.75 Å². The van der Waals surface area contributed by atoms with Gasteiger partial charge in [-0.25, -0.2) is 0 Å². The zero-order valence-electron chi connectivity index (χ0n) is 15.7. The average molecular weight is 355 g/mol. The molecule has 138 valence electrons. The number of hydrogen-bond acceptors (Lipinski definition) is 4. The number of amides is 1. The first kappa shape index (κ1) is 17.1. The first-order valence-electron chi connectivity index (χ1n) is 9.12. The molecule has 0 unspecified atom stereocenters. The number of fused-ring (bicyclic) bond motifs is 1. The number of carbonyl (C=O) groups excluding carboxylic acids is 1. The summed E-state index contributed by atoms with van der Waals surface area (Å²) in [7, 11) is 3.52. The van der Waals surface area contributed by atoms with Crippen molar-refractivity contribution in [1.29, 1.82) is 0 Å². The molecule has 0 N–H and O–H groups in total. The Morgan fingerprint density at radius 1 is 1.31 bits per heavy atom. The lowest BCUT2D eigenvalue weighted by atomic mass is 9.90. The molecule has 26 heavy (non-hydrogen) atoms. The lowest BCUT2D eigenvalue weighted by Gasteiger charge is -2.40. The van der Waals surface area contributed by atoms with Gasteiger partial charge in [-0.05, 0) is 31.5 Å². The highest BCUT2D eigenvalue weighted by Crippen LogP contribution is 2.34. The van der Waals surface area contributed by atoms with Gasteiger partial charge in [0.1, 0.15) is 11.4 Å². The number of aromatic nitrogens is 2. The summed E-state index contributed by atoms with van der Waals surface area (Å²) in [5, 5.41) is 4.56. The molecule has 6 heteroatoms. The summed E-state index contributed by atoms with van der Waals surface area (Å²) in [6.07, 6.45) is 0.776. The summed E-state index contributed by atoms with van der Waals surface area (Å²) in [6.45, 7) is 5.50. The van der Waals surface area contributed by atoms with Crippen molar-refractivity contribution in [1.82, 2.24) is 14.7 Å². The summed E-state index contributed by atoms with van der Waals surface area (Å²) in [4.78, 5) is 15.0. The molecule has 2 aliphatic rings. The minimum atomic E-state index is -0.0672. The molecule has 0 spiro atoms. The monoisotopic (exact) mass is 355 g/mol. The van der Waals surface area contributed by atoms with Crippen LogP contribution >= 0.6 is 0 Å². The fourth-order valence-electron chi connectivity index (χ4n) is 4.03. The van der Waals surface area contributed by atoms with Crippen molar-refractivity contribution in [2.24, 2.45) is 7.05 Å². The standard InChI is InChI=1S/C20H25N3O3/c1-12-8-17-18(13(2)26-12)21-22(3)19(17)20(24)23-10-15(11-23)14-6-5-7-16(9-14)25-4/h5-7,9,12-13,15H,8,10-11H2,1-4H3/t12-,13+/m1/s1. The second-order valence-corrected chi connectivity index (χ2v) is 7.31. The van der Waals surface area contributed by atoms with Crippen molar-refractivity contribution in [3.63, 3.8) is 0 Å². The Kier molecular flexibility index (Phi) is 4.23. The largest absolute Gasteiger partial charge is 0.497 e. The van der Waals surface area contributed by atoms with Gasteiger partial charge >= 0.3 is 0 Å². The minimum Gasteiger partial charge on any atom is -0.497 e. The van der Waals surface area contributed by atoms with Crippen molar-refractivity contribution < 1.29 is 14.3 Å². The van der Waals surface area contributed by atoms with Crippen molar-refractivity contribution in [3.05, 3.63) is 46.8 Å². The number of rotatable bonds is 3. The smallest absolute Gasteiger partial charge is 0.272 e. The highest BCUT2D eigenvalue weighted by Gasteiger charge is 2.37. The number of likely N-dealkylation sites (tertiary alicyclic amines) is 1. The normalized spacial score (nSPS) is 22.7. The first-order chi connectivity index (χ1) is 12.5. The molecule has 1 aromatic heterocycles. The Morgan fingerprint density at radius 2 is 2.08 bits per heavy atom. The Bertz CT molecular complexity index is 839. The topological polar surface area (TPSA) is 56.6 Å². The molecule has 2 atom stereocenters. The minimum absolute atomic E-state index is 0.0672. The van der Waals surface area contributed by atoms with Crippen LogP contribution in [-0.2, 0) is 18.2 Å². The van der Waals surface area contributed by atoms with E-state index < -0.39 is 0 Å². The van der Waals surface area contributed by atoms with Crippen LogP contribution in [0.25, 0.3) is 0 Å². The van der Waals surface area contributed by atoms with E-state index in [0.717, 1.165) is 36.5 Å². The second kappa shape index (κ2) is 6.43. The molecule has 6 nitrogen and oxygen atoms in total. The van der Waals surface area contributed by atoms with Gasteiger partial charge in [-0.15, -0.1) is 0 Å². The zero-order chi connectivity index (χ0) is 18.4. The molecular weight excluding hydrogens is 330 g/mol. The number of nitrogens with zero attached hydrogens (tertiary/aromatic N) is 3. The van der Waals surface area contributed by atoms with Gasteiger partial charge in [0.05, 0.1) is 25.0 Å². The Hall–Kier alpha value is -2.34. The van der Waals surface area contributed by atoms with E-state index in [2.05, 4.69) is 17.2 Å². The highest BCUT2D eigenvalue weighted by atomic mass is 16.5. The van der Waals surface area contributed by atoms with E-state index in [1.54, 1.807) is 11.8 Å². The SMILES string of the molecule is COc1cccc(C2CN(C(=O)c3c4c(nn3C)[C@H](C)O[C@H](C)C4)C2)c1. The van der Waals surface area contributed by atoms with Gasteiger partial charge in [-0.3, -0.25) is 9.48 Å². The van der Waals surface area contributed by atoms with Crippen LogP contribution < -0.4 is 4.74 Å². The maximum atomic E-state index is 13.1. The van der Waals surface area contributed by atoms with Gasteiger partial charge in [0.15, 0.2) is 0 Å². The van der Waals surface area contributed by atoms with Gasteiger partial charge in [-0.1, -0.05) is 12.1 Å². The van der Waals surface area contributed by atoms with Gasteiger partial charge < -0.3 is 14.4 Å². The van der Waals surface area contributed by atoms with Gasteiger partial charge in [0, 0.05) is 38.0 Å². The van der Waals surface area contributed by atoms with E-state index in [1.807, 2.05) is 37.9 Å². The third-order valence-electron chi connectivity index (χ3n) is 5.43. The molecule has 1 amide bonds. The van der Waals surface area contributed by atoms with E-state index in [9.17, 15) is 4.79 Å². The zero-order valence-corrected chi connectivity index (χ0v) is 15.7. The summed E-state index contributed by atoms with van der Waals surface area (Å²) >= 11 is 0. The molecule has 4 rings (SSSR count). The molecule has 1 aromatic carbocycles. The van der Waals surface area contributed by atoms with E-state index in [4.69, 9.17) is 9.47 Å². The molecule has 2 aliphatic heterocycles. The Labute approximate surface area is 153 Å². The van der Waals surface area contributed by atoms with E-state index in [1.165, 1.54) is 5.56 Å². The van der Waals surface area contributed by atoms with Crippen LogP contribution in [0.4, 0.5) is 0 Å². The number of benzene rings is 1. The van der Waals surface area contributed by atoms with Gasteiger partial charge in [-0.2, -0.15) is 5.10 Å². The summed E-state index contributed by atoms with van der Waals surface area (Å²) in [6, 6.07) is 8.09. The average Bonchev–Trinajstić information content (AvgIpc) is 2.90. The van der Waals surface area contributed by atoms with E-state index in [-0.39, 0.29) is 18.1 Å². The lowest BCUT2D eigenvalue weighted by Crippen LogP contribution is -2.49. The van der Waals surface area contributed by atoms with Crippen molar-refractivity contribution >= 4 is 5.91 Å².